The molecule has 1 aliphatic heterocycles. The molecule has 3 N–H and O–H groups in total. The lowest BCUT2D eigenvalue weighted by atomic mass is 9.96. The third kappa shape index (κ3) is 3.73. The van der Waals surface area contributed by atoms with Crippen LogP contribution in [0.5, 0.6) is 0 Å². The lowest BCUT2D eigenvalue weighted by Crippen LogP contribution is -2.50. The molecule has 2 aromatic rings. The number of aromatic nitrogens is 2. The van der Waals surface area contributed by atoms with Gasteiger partial charge in [0.1, 0.15) is 11.6 Å². The summed E-state index contributed by atoms with van der Waals surface area (Å²) in [4.78, 5) is 14.2. The second kappa shape index (κ2) is 7.67. The Morgan fingerprint density at radius 2 is 1.90 bits per heavy atom. The first kappa shape index (κ1) is 19.1. The third-order valence-electron chi connectivity index (χ3n) is 5.56. The van der Waals surface area contributed by atoms with Crippen molar-refractivity contribution in [2.24, 2.45) is 0 Å². The molecule has 0 bridgehead atoms. The van der Waals surface area contributed by atoms with Crippen molar-refractivity contribution < 1.29 is 5.11 Å². The molecule has 7 heteroatoms. The van der Waals surface area contributed by atoms with Crippen LogP contribution in [-0.2, 0) is 0 Å². The number of allylic oxidation sites excluding steroid dienone is 4. The van der Waals surface area contributed by atoms with E-state index in [1.807, 2.05) is 24.3 Å². The zero-order valence-corrected chi connectivity index (χ0v) is 17.0. The maximum atomic E-state index is 10.3. The highest BCUT2D eigenvalue weighted by atomic mass is 16.3. The predicted octanol–water partition coefficient (Wildman–Crippen LogP) is 2.73. The molecule has 2 aliphatic rings. The van der Waals surface area contributed by atoms with E-state index in [4.69, 9.17) is 15.4 Å². The van der Waals surface area contributed by atoms with E-state index in [0.717, 1.165) is 36.5 Å². The van der Waals surface area contributed by atoms with E-state index < -0.39 is 0 Å². The lowest BCUT2D eigenvalue weighted by Gasteiger charge is -2.38. The van der Waals surface area contributed by atoms with Gasteiger partial charge in [0.05, 0.1) is 22.4 Å². The van der Waals surface area contributed by atoms with Crippen LogP contribution in [0.3, 0.4) is 0 Å². The van der Waals surface area contributed by atoms with Crippen LogP contribution in [-0.4, -0.2) is 65.5 Å². The van der Waals surface area contributed by atoms with Crippen molar-refractivity contribution in [2.45, 2.75) is 13.0 Å². The molecule has 1 fully saturated rings. The fraction of sp³-hybridized carbons (Fsp3) is 0.318. The first-order valence-electron chi connectivity index (χ1n) is 9.78. The van der Waals surface area contributed by atoms with Crippen molar-refractivity contribution in [2.75, 3.05) is 38.6 Å². The van der Waals surface area contributed by atoms with E-state index in [1.54, 1.807) is 19.3 Å². The van der Waals surface area contributed by atoms with Crippen LogP contribution in [0.2, 0.25) is 0 Å². The van der Waals surface area contributed by atoms with Crippen molar-refractivity contribution in [1.82, 2.24) is 20.2 Å². The Labute approximate surface area is 170 Å². The standard InChI is InChI=1S/C22H26N6O/c1-14-13-28(9-8-27(14)3)22-7-6-19-20(26-22)5-4-18(25-19)16-10-15(12-24-2)17(23)11-21(16)29/h4-7,10-12,14,23-24,29H,8-9,13H2,1-3H3/b15-12-,23-17?. The molecule has 1 aliphatic carbocycles. The molecule has 1 saturated heterocycles. The molecule has 0 radical (unpaired) electrons. The average Bonchev–Trinajstić information content (AvgIpc) is 2.71. The minimum atomic E-state index is 0.0473. The minimum Gasteiger partial charge on any atom is -0.507 e. The van der Waals surface area contributed by atoms with E-state index in [-0.39, 0.29) is 11.5 Å². The smallest absolute Gasteiger partial charge is 0.129 e. The number of fused-ring (bicyclic) bond motifs is 1. The molecule has 1 unspecified atom stereocenters. The molecule has 29 heavy (non-hydrogen) atoms. The highest BCUT2D eigenvalue weighted by molar-refractivity contribution is 6.13. The number of piperazine rings is 1. The number of hydrogen-bond acceptors (Lipinski definition) is 7. The van der Waals surface area contributed by atoms with Crippen LogP contribution in [0.4, 0.5) is 5.82 Å². The van der Waals surface area contributed by atoms with Crippen LogP contribution in [0.25, 0.3) is 16.6 Å². The number of pyridine rings is 2. The number of nitrogens with one attached hydrogen (secondary N) is 2. The van der Waals surface area contributed by atoms with Gasteiger partial charge < -0.3 is 25.6 Å². The molecule has 1 atom stereocenters. The Hall–Kier alpha value is -3.19. The third-order valence-corrected chi connectivity index (χ3v) is 5.56. The summed E-state index contributed by atoms with van der Waals surface area (Å²) in [5, 5.41) is 21.3. The number of rotatable bonds is 3. The van der Waals surface area contributed by atoms with Gasteiger partial charge in [-0.15, -0.1) is 0 Å². The molecule has 0 aromatic carbocycles. The number of likely N-dealkylation sites (N-methyl/N-ethyl adjacent to an activating group) is 1. The number of aliphatic hydroxyl groups excluding tert-OH is 1. The number of aliphatic hydroxyl groups is 1. The summed E-state index contributed by atoms with van der Waals surface area (Å²) < 4.78 is 0. The van der Waals surface area contributed by atoms with Gasteiger partial charge in [0, 0.05) is 56.1 Å². The van der Waals surface area contributed by atoms with Gasteiger partial charge >= 0.3 is 0 Å². The summed E-state index contributed by atoms with van der Waals surface area (Å²) in [5.74, 6) is 1.02. The fourth-order valence-corrected chi connectivity index (χ4v) is 3.67. The highest BCUT2D eigenvalue weighted by Gasteiger charge is 2.22. The van der Waals surface area contributed by atoms with Crippen LogP contribution < -0.4 is 10.2 Å². The largest absolute Gasteiger partial charge is 0.507 e. The zero-order valence-electron chi connectivity index (χ0n) is 17.0. The normalized spacial score (nSPS) is 22.0. The molecular formula is C22H26N6O. The Morgan fingerprint density at radius 1 is 1.14 bits per heavy atom. The second-order valence-electron chi connectivity index (χ2n) is 7.57. The number of anilines is 1. The van der Waals surface area contributed by atoms with E-state index in [1.165, 1.54) is 6.08 Å². The molecular weight excluding hydrogens is 364 g/mol. The molecule has 0 spiro atoms. The SMILES string of the molecule is CN/C=C1/C=C(c2ccc3nc(N4CCN(C)C(C)C4)ccc3n2)C(O)=CC1=N. The molecule has 7 nitrogen and oxygen atoms in total. The summed E-state index contributed by atoms with van der Waals surface area (Å²) >= 11 is 0. The highest BCUT2D eigenvalue weighted by Crippen LogP contribution is 2.28. The van der Waals surface area contributed by atoms with Crippen LogP contribution in [0, 0.1) is 5.41 Å². The molecule has 150 valence electrons. The maximum absolute atomic E-state index is 10.3. The summed E-state index contributed by atoms with van der Waals surface area (Å²) in [6.07, 6.45) is 4.95. The number of hydrogen-bond donors (Lipinski definition) is 3. The summed E-state index contributed by atoms with van der Waals surface area (Å²) in [7, 11) is 3.94. The van der Waals surface area contributed by atoms with Crippen LogP contribution in [0.15, 0.2) is 53.9 Å². The van der Waals surface area contributed by atoms with Gasteiger partial charge in [-0.25, -0.2) is 9.97 Å². The van der Waals surface area contributed by atoms with Crippen LogP contribution in [0.1, 0.15) is 12.6 Å². The van der Waals surface area contributed by atoms with E-state index in [9.17, 15) is 5.11 Å². The minimum absolute atomic E-state index is 0.0473. The van der Waals surface area contributed by atoms with Gasteiger partial charge in [0.25, 0.3) is 0 Å². The van der Waals surface area contributed by atoms with Gasteiger partial charge in [-0.3, -0.25) is 0 Å². The monoisotopic (exact) mass is 390 g/mol. The summed E-state index contributed by atoms with van der Waals surface area (Å²) in [5.41, 5.74) is 3.82. The molecule has 0 saturated carbocycles. The van der Waals surface area contributed by atoms with Gasteiger partial charge in [-0.2, -0.15) is 0 Å². The van der Waals surface area contributed by atoms with Gasteiger partial charge in [-0.1, -0.05) is 0 Å². The lowest BCUT2D eigenvalue weighted by molar-refractivity contribution is 0.233. The second-order valence-corrected chi connectivity index (χ2v) is 7.57. The average molecular weight is 390 g/mol. The van der Waals surface area contributed by atoms with Crippen LogP contribution >= 0.6 is 0 Å². The quantitative estimate of drug-likeness (QED) is 0.747. The maximum Gasteiger partial charge on any atom is 0.129 e. The van der Waals surface area contributed by atoms with Crippen molar-refractivity contribution in [3.63, 3.8) is 0 Å². The fourth-order valence-electron chi connectivity index (χ4n) is 3.67. The van der Waals surface area contributed by atoms with E-state index >= 15 is 0 Å². The first-order valence-corrected chi connectivity index (χ1v) is 9.78. The Balaban J connectivity index is 1.65. The number of nitrogens with zero attached hydrogens (tertiary/aromatic N) is 4. The first-order chi connectivity index (χ1) is 14.0. The molecule has 0 amide bonds. The Bertz CT molecular complexity index is 1050. The topological polar surface area (TPSA) is 88.4 Å². The molecule has 2 aromatic heterocycles. The van der Waals surface area contributed by atoms with Gasteiger partial charge in [0.15, 0.2) is 0 Å². The summed E-state index contributed by atoms with van der Waals surface area (Å²) in [6.45, 7) is 5.17. The van der Waals surface area contributed by atoms with Crippen molar-refractivity contribution in [3.05, 3.63) is 59.6 Å². The van der Waals surface area contributed by atoms with Crippen molar-refractivity contribution in [1.29, 1.82) is 5.41 Å². The predicted molar refractivity (Wildman–Crippen MR) is 117 cm³/mol. The molecule has 4 rings (SSSR count). The summed E-state index contributed by atoms with van der Waals surface area (Å²) in [6, 6.07) is 8.31. The van der Waals surface area contributed by atoms with Gasteiger partial charge in [-0.05, 0) is 44.3 Å². The van der Waals surface area contributed by atoms with Gasteiger partial charge in [0.2, 0.25) is 0 Å². The van der Waals surface area contributed by atoms with E-state index in [0.29, 0.717) is 22.9 Å². The zero-order chi connectivity index (χ0) is 20.5. The molecule has 3 heterocycles. The van der Waals surface area contributed by atoms with Crippen molar-refractivity contribution >= 4 is 28.1 Å². The van der Waals surface area contributed by atoms with E-state index in [2.05, 4.69) is 29.1 Å². The Kier molecular flexibility index (Phi) is 5.07. The Morgan fingerprint density at radius 3 is 2.66 bits per heavy atom. The van der Waals surface area contributed by atoms with Crippen molar-refractivity contribution in [3.8, 4) is 0 Å².